The molecule has 4 aromatic rings. The van der Waals surface area contributed by atoms with Crippen molar-refractivity contribution in [1.82, 2.24) is 20.0 Å². The van der Waals surface area contributed by atoms with E-state index in [9.17, 15) is 4.79 Å². The number of pyridine rings is 1. The van der Waals surface area contributed by atoms with Crippen LogP contribution in [0.5, 0.6) is 5.75 Å². The molecule has 0 N–H and O–H groups in total. The Balaban J connectivity index is 1.69. The van der Waals surface area contributed by atoms with Crippen LogP contribution in [0.15, 0.2) is 54.6 Å². The van der Waals surface area contributed by atoms with Crippen molar-refractivity contribution in [2.24, 2.45) is 0 Å². The van der Waals surface area contributed by atoms with Crippen LogP contribution in [0.25, 0.3) is 16.6 Å². The second-order valence-electron chi connectivity index (χ2n) is 5.12. The van der Waals surface area contributed by atoms with E-state index in [1.54, 1.807) is 28.8 Å². The fourth-order valence-corrected chi connectivity index (χ4v) is 2.51. The first-order valence-corrected chi connectivity index (χ1v) is 7.12. The van der Waals surface area contributed by atoms with Crippen molar-refractivity contribution in [2.75, 3.05) is 0 Å². The molecule has 0 amide bonds. The van der Waals surface area contributed by atoms with Crippen molar-refractivity contribution in [3.8, 4) is 5.75 Å². The van der Waals surface area contributed by atoms with Gasteiger partial charge in [-0.2, -0.15) is 4.52 Å². The minimum absolute atomic E-state index is 0.342. The van der Waals surface area contributed by atoms with Crippen LogP contribution in [0, 0.1) is 0 Å². The molecule has 0 unspecified atom stereocenters. The number of rotatable bonds is 4. The quantitative estimate of drug-likeness (QED) is 0.542. The van der Waals surface area contributed by atoms with E-state index in [1.165, 1.54) is 0 Å². The van der Waals surface area contributed by atoms with E-state index in [2.05, 4.69) is 15.5 Å². The van der Waals surface area contributed by atoms with E-state index < -0.39 is 0 Å². The third kappa shape index (κ3) is 2.40. The zero-order valence-corrected chi connectivity index (χ0v) is 12.1. The van der Waals surface area contributed by atoms with Gasteiger partial charge in [-0.25, -0.2) is 0 Å². The number of benzene rings is 2. The lowest BCUT2D eigenvalue weighted by molar-refractivity contribution is 0.112. The molecule has 4 rings (SSSR count). The zero-order valence-electron chi connectivity index (χ0n) is 12.1. The van der Waals surface area contributed by atoms with Gasteiger partial charge in [-0.3, -0.25) is 4.79 Å². The van der Waals surface area contributed by atoms with Gasteiger partial charge in [0.25, 0.3) is 0 Å². The molecule has 112 valence electrons. The highest BCUT2D eigenvalue weighted by atomic mass is 16.5. The summed E-state index contributed by atoms with van der Waals surface area (Å²) in [6.45, 7) is 0.342. The first kappa shape index (κ1) is 13.4. The van der Waals surface area contributed by atoms with Gasteiger partial charge >= 0.3 is 0 Å². The molecule has 0 bridgehead atoms. The molecule has 2 aromatic heterocycles. The predicted octanol–water partition coefficient (Wildman–Crippen LogP) is 2.67. The van der Waals surface area contributed by atoms with Crippen LogP contribution in [0.2, 0.25) is 0 Å². The van der Waals surface area contributed by atoms with E-state index in [-0.39, 0.29) is 0 Å². The predicted molar refractivity (Wildman–Crippen MR) is 84.4 cm³/mol. The molecule has 6 nitrogen and oxygen atoms in total. The molecule has 0 saturated carbocycles. The van der Waals surface area contributed by atoms with Crippen LogP contribution >= 0.6 is 0 Å². The normalized spacial score (nSPS) is 11.0. The number of ether oxygens (including phenoxy) is 1. The number of hydrogen-bond donors (Lipinski definition) is 0. The fraction of sp³-hybridized carbons (Fsp3) is 0.0588. The Morgan fingerprint density at radius 3 is 2.74 bits per heavy atom. The number of tetrazole rings is 1. The Morgan fingerprint density at radius 2 is 1.91 bits per heavy atom. The van der Waals surface area contributed by atoms with E-state index in [4.69, 9.17) is 4.74 Å². The smallest absolute Gasteiger partial charge is 0.186 e. The van der Waals surface area contributed by atoms with Crippen molar-refractivity contribution < 1.29 is 9.53 Å². The molecular formula is C17H12N4O2. The monoisotopic (exact) mass is 304 g/mol. The number of aldehydes is 1. The standard InChI is InChI=1S/C17H12N4O2/c22-10-12-5-7-15(8-6-12)23-11-14-9-13-3-1-2-4-16(13)21-17(14)18-19-20-21/h1-10H,11H2. The first-order valence-electron chi connectivity index (χ1n) is 7.12. The van der Waals surface area contributed by atoms with Crippen molar-refractivity contribution in [2.45, 2.75) is 6.61 Å². The zero-order chi connectivity index (χ0) is 15.6. The molecule has 6 heteroatoms. The molecule has 0 aliphatic rings. The summed E-state index contributed by atoms with van der Waals surface area (Å²) in [5.74, 6) is 0.689. The van der Waals surface area contributed by atoms with Gasteiger partial charge in [0.15, 0.2) is 5.65 Å². The summed E-state index contributed by atoms with van der Waals surface area (Å²) in [7, 11) is 0. The summed E-state index contributed by atoms with van der Waals surface area (Å²) in [5.41, 5.74) is 3.14. The number of para-hydroxylation sites is 1. The molecule has 2 heterocycles. The molecule has 2 aromatic carbocycles. The molecule has 0 radical (unpaired) electrons. The first-order chi connectivity index (χ1) is 11.3. The Morgan fingerprint density at radius 1 is 1.09 bits per heavy atom. The van der Waals surface area contributed by atoms with Crippen LogP contribution in [-0.4, -0.2) is 26.3 Å². The van der Waals surface area contributed by atoms with Gasteiger partial charge in [-0.05, 0) is 46.8 Å². The molecule has 0 aliphatic carbocycles. The van der Waals surface area contributed by atoms with Gasteiger partial charge in [-0.1, -0.05) is 18.2 Å². The molecular weight excluding hydrogens is 292 g/mol. The molecule has 0 atom stereocenters. The van der Waals surface area contributed by atoms with Gasteiger partial charge in [-0.15, -0.1) is 5.10 Å². The van der Waals surface area contributed by atoms with Crippen molar-refractivity contribution in [3.05, 3.63) is 65.7 Å². The van der Waals surface area contributed by atoms with Crippen LogP contribution in [-0.2, 0) is 6.61 Å². The van der Waals surface area contributed by atoms with Crippen LogP contribution in [0.4, 0.5) is 0 Å². The number of fused-ring (bicyclic) bond motifs is 3. The highest BCUT2D eigenvalue weighted by Crippen LogP contribution is 2.21. The van der Waals surface area contributed by atoms with Gasteiger partial charge in [0, 0.05) is 16.5 Å². The maximum absolute atomic E-state index is 10.7. The topological polar surface area (TPSA) is 69.4 Å². The average molecular weight is 304 g/mol. The summed E-state index contributed by atoms with van der Waals surface area (Å²) < 4.78 is 7.50. The molecule has 23 heavy (non-hydrogen) atoms. The minimum Gasteiger partial charge on any atom is -0.489 e. The third-order valence-corrected chi connectivity index (χ3v) is 3.66. The van der Waals surface area contributed by atoms with E-state index in [0.717, 1.165) is 22.8 Å². The van der Waals surface area contributed by atoms with Crippen molar-refractivity contribution in [1.29, 1.82) is 0 Å². The number of carbonyl (C=O) groups excluding carboxylic acids is 1. The average Bonchev–Trinajstić information content (AvgIpc) is 3.10. The van der Waals surface area contributed by atoms with Gasteiger partial charge in [0.05, 0.1) is 5.52 Å². The molecule has 0 aliphatic heterocycles. The Hall–Kier alpha value is -3.28. The van der Waals surface area contributed by atoms with Gasteiger partial charge < -0.3 is 4.74 Å². The Bertz CT molecular complexity index is 993. The van der Waals surface area contributed by atoms with Crippen LogP contribution in [0.1, 0.15) is 15.9 Å². The summed E-state index contributed by atoms with van der Waals surface area (Å²) in [6.07, 6.45) is 0.804. The van der Waals surface area contributed by atoms with Crippen molar-refractivity contribution >= 4 is 22.8 Å². The second-order valence-corrected chi connectivity index (χ2v) is 5.12. The van der Waals surface area contributed by atoms with Crippen molar-refractivity contribution in [3.63, 3.8) is 0 Å². The summed E-state index contributed by atoms with van der Waals surface area (Å²) >= 11 is 0. The van der Waals surface area contributed by atoms with Crippen LogP contribution < -0.4 is 4.74 Å². The summed E-state index contributed by atoms with van der Waals surface area (Å²) in [4.78, 5) is 10.7. The van der Waals surface area contributed by atoms with Gasteiger partial charge in [0.2, 0.25) is 0 Å². The lowest BCUT2D eigenvalue weighted by Crippen LogP contribution is -2.01. The maximum Gasteiger partial charge on any atom is 0.186 e. The molecule has 0 saturated heterocycles. The van der Waals surface area contributed by atoms with E-state index >= 15 is 0 Å². The highest BCUT2D eigenvalue weighted by molar-refractivity contribution is 5.82. The van der Waals surface area contributed by atoms with Gasteiger partial charge in [0.1, 0.15) is 18.6 Å². The Labute approximate surface area is 131 Å². The summed E-state index contributed by atoms with van der Waals surface area (Å²) in [5, 5.41) is 12.9. The molecule has 0 fully saturated rings. The Kier molecular flexibility index (Phi) is 3.20. The largest absolute Gasteiger partial charge is 0.489 e. The highest BCUT2D eigenvalue weighted by Gasteiger charge is 2.10. The lowest BCUT2D eigenvalue weighted by atomic mass is 10.1. The molecule has 0 spiro atoms. The minimum atomic E-state index is 0.342. The maximum atomic E-state index is 10.7. The number of nitrogens with zero attached hydrogens (tertiary/aromatic N) is 4. The summed E-state index contributed by atoms with van der Waals surface area (Å²) in [6, 6.07) is 16.9. The number of carbonyl (C=O) groups is 1. The van der Waals surface area contributed by atoms with E-state index in [0.29, 0.717) is 23.6 Å². The lowest BCUT2D eigenvalue weighted by Gasteiger charge is -2.08. The SMILES string of the molecule is O=Cc1ccc(OCc2cc3ccccc3n3nnnc23)cc1. The fourth-order valence-electron chi connectivity index (χ4n) is 2.51. The third-order valence-electron chi connectivity index (χ3n) is 3.66. The van der Waals surface area contributed by atoms with Crippen LogP contribution in [0.3, 0.4) is 0 Å². The second kappa shape index (κ2) is 5.49. The number of aromatic nitrogens is 4. The van der Waals surface area contributed by atoms with E-state index in [1.807, 2.05) is 30.3 Å². The number of hydrogen-bond acceptors (Lipinski definition) is 5.